The van der Waals surface area contributed by atoms with Crippen LogP contribution in [0.25, 0.3) is 0 Å². The van der Waals surface area contributed by atoms with Crippen LogP contribution in [0, 0.1) is 6.92 Å². The number of anilines is 4. The zero-order chi connectivity index (χ0) is 23.4. The summed E-state index contributed by atoms with van der Waals surface area (Å²) in [5, 5.41) is 6.50. The molecule has 7 heteroatoms. The molecule has 33 heavy (non-hydrogen) atoms. The highest BCUT2D eigenvalue weighted by atomic mass is 32.1. The number of thiocarbonyl (C=S) groups is 1. The number of carbonyl (C=O) groups excluding carboxylic acids is 1. The molecule has 0 saturated carbocycles. The Labute approximate surface area is 197 Å². The summed E-state index contributed by atoms with van der Waals surface area (Å²) >= 11 is 5.68. The molecule has 0 radical (unpaired) electrons. The molecule has 4 rings (SSSR count). The molecule has 0 spiro atoms. The molecule has 1 aromatic heterocycles. The van der Waals surface area contributed by atoms with Gasteiger partial charge in [-0.05, 0) is 43.3 Å². The molecule has 3 aromatic carbocycles. The van der Waals surface area contributed by atoms with E-state index in [0.29, 0.717) is 21.9 Å². The third kappa shape index (κ3) is 4.88. The van der Waals surface area contributed by atoms with Crippen molar-refractivity contribution in [3.63, 3.8) is 0 Å². The van der Waals surface area contributed by atoms with Crippen molar-refractivity contribution in [3.05, 3.63) is 101 Å². The first-order valence-corrected chi connectivity index (χ1v) is 10.8. The lowest BCUT2D eigenvalue weighted by Gasteiger charge is -2.12. The second kappa shape index (κ2) is 9.58. The summed E-state index contributed by atoms with van der Waals surface area (Å²) in [7, 11) is 1.61. The quantitative estimate of drug-likeness (QED) is 0.211. The van der Waals surface area contributed by atoms with Crippen LogP contribution in [0.1, 0.15) is 27.2 Å². The minimum Gasteiger partial charge on any atom is -0.497 e. The number of H-pyrrole nitrogens is 1. The van der Waals surface area contributed by atoms with Crippen molar-refractivity contribution in [2.24, 2.45) is 0 Å². The van der Waals surface area contributed by atoms with Crippen molar-refractivity contribution in [2.75, 3.05) is 23.5 Å². The van der Waals surface area contributed by atoms with Crippen LogP contribution in [0.4, 0.5) is 22.9 Å². The van der Waals surface area contributed by atoms with Gasteiger partial charge in [-0.15, -0.1) is 0 Å². The summed E-state index contributed by atoms with van der Waals surface area (Å²) in [6.45, 7) is 1.97. The standard InChI is InChI=1S/C26H24N4O2S/c1-16-8-10-17(11-9-16)24(31)23-22(27)21(26(33)29-18-6-4-3-5-7-18)25(30-23)28-19-12-14-20(32-2)15-13-19/h3-15,28,30H,27H2,1-2H3,(H,29,33). The zero-order valence-electron chi connectivity index (χ0n) is 18.3. The van der Waals surface area contributed by atoms with Gasteiger partial charge in [0.2, 0.25) is 5.78 Å². The van der Waals surface area contributed by atoms with E-state index in [2.05, 4.69) is 15.6 Å². The van der Waals surface area contributed by atoms with Gasteiger partial charge in [-0.1, -0.05) is 60.2 Å². The molecule has 0 atom stereocenters. The summed E-state index contributed by atoms with van der Waals surface area (Å²) < 4.78 is 5.23. The molecule has 0 amide bonds. The number of methoxy groups -OCH3 is 1. The van der Waals surface area contributed by atoms with Crippen LogP contribution in [-0.4, -0.2) is 22.9 Å². The van der Waals surface area contributed by atoms with Crippen LogP contribution in [-0.2, 0) is 0 Å². The monoisotopic (exact) mass is 456 g/mol. The van der Waals surface area contributed by atoms with Crippen molar-refractivity contribution >= 4 is 45.9 Å². The highest BCUT2D eigenvalue weighted by Crippen LogP contribution is 2.32. The molecular formula is C26H24N4O2S. The van der Waals surface area contributed by atoms with Gasteiger partial charge in [0.15, 0.2) is 0 Å². The molecule has 1 heterocycles. The van der Waals surface area contributed by atoms with Gasteiger partial charge >= 0.3 is 0 Å². The maximum atomic E-state index is 13.2. The molecule has 0 fully saturated rings. The topological polar surface area (TPSA) is 92.2 Å². The van der Waals surface area contributed by atoms with E-state index in [4.69, 9.17) is 22.7 Å². The van der Waals surface area contributed by atoms with Crippen LogP contribution in [0.5, 0.6) is 5.75 Å². The van der Waals surface area contributed by atoms with E-state index < -0.39 is 0 Å². The van der Waals surface area contributed by atoms with Crippen molar-refractivity contribution < 1.29 is 9.53 Å². The number of nitrogens with one attached hydrogen (secondary N) is 3. The number of aromatic nitrogens is 1. The predicted octanol–water partition coefficient (Wildman–Crippen LogP) is 5.68. The van der Waals surface area contributed by atoms with Gasteiger partial charge in [0, 0.05) is 16.9 Å². The Hall–Kier alpha value is -4.10. The molecule has 166 valence electrons. The van der Waals surface area contributed by atoms with Crippen LogP contribution in [0.3, 0.4) is 0 Å². The number of nitrogen functional groups attached to an aromatic ring is 1. The van der Waals surface area contributed by atoms with Gasteiger partial charge in [0.1, 0.15) is 22.2 Å². The van der Waals surface area contributed by atoms with E-state index in [1.165, 1.54) is 0 Å². The molecule has 0 unspecified atom stereocenters. The van der Waals surface area contributed by atoms with Crippen LogP contribution in [0.15, 0.2) is 78.9 Å². The fourth-order valence-corrected chi connectivity index (χ4v) is 3.74. The van der Waals surface area contributed by atoms with Gasteiger partial charge in [-0.25, -0.2) is 0 Å². The van der Waals surface area contributed by atoms with Crippen molar-refractivity contribution in [2.45, 2.75) is 6.92 Å². The summed E-state index contributed by atoms with van der Waals surface area (Å²) in [6, 6.07) is 24.3. The first kappa shape index (κ1) is 22.1. The molecule has 0 bridgehead atoms. The van der Waals surface area contributed by atoms with Gasteiger partial charge in [-0.2, -0.15) is 0 Å². The fraction of sp³-hybridized carbons (Fsp3) is 0.0769. The average molecular weight is 457 g/mol. The lowest BCUT2D eigenvalue weighted by atomic mass is 10.1. The largest absolute Gasteiger partial charge is 0.497 e. The van der Waals surface area contributed by atoms with Gasteiger partial charge < -0.3 is 26.1 Å². The normalized spacial score (nSPS) is 10.5. The number of benzene rings is 3. The first-order chi connectivity index (χ1) is 16.0. The number of rotatable bonds is 7. The van der Waals surface area contributed by atoms with Crippen LogP contribution < -0.4 is 21.1 Å². The molecule has 0 aliphatic heterocycles. The summed E-state index contributed by atoms with van der Waals surface area (Å²) in [6.07, 6.45) is 0. The Balaban J connectivity index is 1.73. The summed E-state index contributed by atoms with van der Waals surface area (Å²) in [4.78, 5) is 16.8. The third-order valence-electron chi connectivity index (χ3n) is 5.20. The fourth-order valence-electron chi connectivity index (χ4n) is 3.41. The zero-order valence-corrected chi connectivity index (χ0v) is 19.1. The van der Waals surface area contributed by atoms with Crippen molar-refractivity contribution in [3.8, 4) is 5.75 Å². The number of para-hydroxylation sites is 1. The molecule has 0 aliphatic carbocycles. The maximum absolute atomic E-state index is 13.2. The number of carbonyl (C=O) groups is 1. The number of aromatic amines is 1. The Morgan fingerprint density at radius 1 is 0.939 bits per heavy atom. The van der Waals surface area contributed by atoms with E-state index in [0.717, 1.165) is 22.7 Å². The Morgan fingerprint density at radius 3 is 2.24 bits per heavy atom. The minimum absolute atomic E-state index is 0.209. The Kier molecular flexibility index (Phi) is 6.42. The number of aryl methyl sites for hydroxylation is 1. The molecule has 0 aliphatic rings. The second-order valence-corrected chi connectivity index (χ2v) is 7.94. The van der Waals surface area contributed by atoms with Crippen LogP contribution in [0.2, 0.25) is 0 Å². The van der Waals surface area contributed by atoms with Crippen LogP contribution >= 0.6 is 12.2 Å². The predicted molar refractivity (Wildman–Crippen MR) is 138 cm³/mol. The van der Waals surface area contributed by atoms with E-state index >= 15 is 0 Å². The number of ketones is 1. The number of nitrogens with two attached hydrogens (primary N) is 1. The maximum Gasteiger partial charge on any atom is 0.211 e. The Morgan fingerprint density at radius 2 is 1.61 bits per heavy atom. The number of ether oxygens (including phenoxy) is 1. The SMILES string of the molecule is COc1ccc(Nc2[nH]c(C(=O)c3ccc(C)cc3)c(N)c2C(=S)Nc2ccccc2)cc1. The number of hydrogen-bond donors (Lipinski definition) is 4. The molecule has 5 N–H and O–H groups in total. The van der Waals surface area contributed by atoms with Crippen molar-refractivity contribution in [1.29, 1.82) is 0 Å². The number of hydrogen-bond acceptors (Lipinski definition) is 5. The first-order valence-electron chi connectivity index (χ1n) is 10.4. The second-order valence-electron chi connectivity index (χ2n) is 7.53. The average Bonchev–Trinajstić information content (AvgIpc) is 3.16. The van der Waals surface area contributed by atoms with E-state index in [1.807, 2.05) is 73.7 Å². The smallest absolute Gasteiger partial charge is 0.211 e. The molecular weight excluding hydrogens is 432 g/mol. The highest BCUT2D eigenvalue weighted by Gasteiger charge is 2.24. The van der Waals surface area contributed by atoms with E-state index in [-0.39, 0.29) is 17.2 Å². The molecule has 4 aromatic rings. The van der Waals surface area contributed by atoms with Gasteiger partial charge in [0.05, 0.1) is 18.4 Å². The Bertz CT molecular complexity index is 1280. The van der Waals surface area contributed by atoms with Gasteiger partial charge in [-0.3, -0.25) is 4.79 Å². The highest BCUT2D eigenvalue weighted by molar-refractivity contribution is 7.81. The minimum atomic E-state index is -0.209. The van der Waals surface area contributed by atoms with E-state index in [1.54, 1.807) is 19.2 Å². The van der Waals surface area contributed by atoms with Crippen molar-refractivity contribution in [1.82, 2.24) is 4.98 Å². The lowest BCUT2D eigenvalue weighted by Crippen LogP contribution is -2.14. The molecule has 6 nitrogen and oxygen atoms in total. The molecule has 0 saturated heterocycles. The summed E-state index contributed by atoms with van der Waals surface area (Å²) in [5.41, 5.74) is 10.8. The third-order valence-corrected chi connectivity index (χ3v) is 5.50. The summed E-state index contributed by atoms with van der Waals surface area (Å²) in [5.74, 6) is 1.06. The van der Waals surface area contributed by atoms with Gasteiger partial charge in [0.25, 0.3) is 0 Å². The lowest BCUT2D eigenvalue weighted by molar-refractivity contribution is 0.103. The van der Waals surface area contributed by atoms with E-state index in [9.17, 15) is 4.79 Å².